The lowest BCUT2D eigenvalue weighted by molar-refractivity contribution is 0.579. The van der Waals surface area contributed by atoms with Gasteiger partial charge in [-0.05, 0) is 43.9 Å². The van der Waals surface area contributed by atoms with E-state index in [-0.39, 0.29) is 5.69 Å². The van der Waals surface area contributed by atoms with E-state index in [1.165, 1.54) is 19.3 Å². The Kier molecular flexibility index (Phi) is 6.04. The maximum atomic E-state index is 16.0. The molecule has 37 heavy (non-hydrogen) atoms. The number of imidazole rings is 1. The largest absolute Gasteiger partial charge is 0.370 e. The molecule has 0 aliphatic carbocycles. The van der Waals surface area contributed by atoms with E-state index >= 15 is 4.39 Å². The van der Waals surface area contributed by atoms with Crippen LogP contribution in [0.3, 0.4) is 0 Å². The summed E-state index contributed by atoms with van der Waals surface area (Å²) < 4.78 is 16.0. The second-order valence-electron chi connectivity index (χ2n) is 9.53. The Morgan fingerprint density at radius 2 is 1.97 bits per heavy atom. The summed E-state index contributed by atoms with van der Waals surface area (Å²) in [5.41, 5.74) is 6.21. The van der Waals surface area contributed by atoms with Crippen LogP contribution in [0, 0.1) is 5.82 Å². The highest BCUT2D eigenvalue weighted by atomic mass is 19.1. The lowest BCUT2D eigenvalue weighted by atomic mass is 10.1. The van der Waals surface area contributed by atoms with Gasteiger partial charge in [0.15, 0.2) is 11.6 Å². The summed E-state index contributed by atoms with van der Waals surface area (Å²) in [5.74, 6) is 0.0514. The lowest BCUT2D eigenvalue weighted by Gasteiger charge is -2.28. The van der Waals surface area contributed by atoms with Crippen LogP contribution in [0.2, 0.25) is 0 Å². The number of nitrogens with one attached hydrogen (secondary N) is 3. The Balaban J connectivity index is 1.41. The minimum absolute atomic E-state index is 0.206. The average Bonchev–Trinajstić information content (AvgIpc) is 3.54. The zero-order chi connectivity index (χ0) is 25.4. The highest BCUT2D eigenvalue weighted by molar-refractivity contribution is 5.97. The Labute approximate surface area is 214 Å². The van der Waals surface area contributed by atoms with Crippen molar-refractivity contribution in [2.24, 2.45) is 0 Å². The van der Waals surface area contributed by atoms with Gasteiger partial charge in [0.1, 0.15) is 16.9 Å². The number of nitrogens with zero attached hydrogens (tertiary/aromatic N) is 5. The van der Waals surface area contributed by atoms with Gasteiger partial charge in [-0.15, -0.1) is 0 Å². The van der Waals surface area contributed by atoms with Crippen LogP contribution in [0.4, 0.5) is 15.8 Å². The summed E-state index contributed by atoms with van der Waals surface area (Å²) in [7, 11) is 0. The maximum Gasteiger partial charge on any atom is 0.161 e. The van der Waals surface area contributed by atoms with E-state index in [4.69, 9.17) is 4.98 Å². The van der Waals surface area contributed by atoms with Crippen LogP contribution in [-0.2, 0) is 0 Å². The van der Waals surface area contributed by atoms with Gasteiger partial charge in [0.2, 0.25) is 0 Å². The predicted molar refractivity (Wildman–Crippen MR) is 146 cm³/mol. The number of piperidine rings is 1. The first-order valence-corrected chi connectivity index (χ1v) is 12.8. The van der Waals surface area contributed by atoms with Crippen LogP contribution in [0.25, 0.3) is 44.7 Å². The first-order valence-electron chi connectivity index (χ1n) is 12.8. The van der Waals surface area contributed by atoms with Crippen molar-refractivity contribution in [3.8, 4) is 22.8 Å². The van der Waals surface area contributed by atoms with Gasteiger partial charge in [-0.2, -0.15) is 5.10 Å². The molecule has 4 aromatic heterocycles. The first-order chi connectivity index (χ1) is 18.1. The molecule has 0 unspecified atom stereocenters. The smallest absolute Gasteiger partial charge is 0.161 e. The molecule has 5 aromatic rings. The molecule has 1 aliphatic rings. The normalized spacial score (nSPS) is 13.9. The van der Waals surface area contributed by atoms with Gasteiger partial charge in [-0.3, -0.25) is 15.1 Å². The monoisotopic (exact) mass is 496 g/mol. The van der Waals surface area contributed by atoms with Crippen LogP contribution in [-0.4, -0.2) is 43.2 Å². The second kappa shape index (κ2) is 9.65. The molecule has 0 atom stereocenters. The third-order valence-electron chi connectivity index (χ3n) is 6.84. The number of hydrogen-bond acceptors (Lipinski definition) is 6. The molecule has 1 aromatic carbocycles. The molecule has 0 bridgehead atoms. The topological polar surface area (TPSA) is 98.4 Å². The molecule has 0 radical (unpaired) electrons. The highest BCUT2D eigenvalue weighted by Gasteiger charge is 2.22. The number of aromatic nitrogens is 6. The molecule has 3 N–H and O–H groups in total. The SMILES string of the molecule is C=C(CCC)Nc1cncc(-c2ncc3[nH]nc(-c4nc5c(N6CCCCC6)cccc5[nH]4)c3c2F)c1. The standard InChI is InChI=1S/C28H29FN8/c1-3-8-17(2)32-19-13-18(14-30-15-19)25-24(29)23-21(16-31-25)35-36-27(23)28-33-20-9-7-10-22(26(20)34-28)37-11-5-4-6-12-37/h7,9-10,13-16,32H,2-6,8,11-12H2,1H3,(H,33,34)(H,35,36). The molecule has 6 rings (SSSR count). The van der Waals surface area contributed by atoms with Crippen molar-refractivity contribution < 1.29 is 4.39 Å². The molecule has 0 spiro atoms. The van der Waals surface area contributed by atoms with Gasteiger partial charge >= 0.3 is 0 Å². The fraction of sp³-hybridized carbons (Fsp3) is 0.286. The number of allylic oxidation sites excluding steroid dienone is 1. The number of pyridine rings is 2. The van der Waals surface area contributed by atoms with Crippen LogP contribution >= 0.6 is 0 Å². The van der Waals surface area contributed by atoms with Crippen LogP contribution in [0.1, 0.15) is 39.0 Å². The third-order valence-corrected chi connectivity index (χ3v) is 6.84. The molecule has 8 nitrogen and oxygen atoms in total. The van der Waals surface area contributed by atoms with Gasteiger partial charge in [-0.25, -0.2) is 9.37 Å². The highest BCUT2D eigenvalue weighted by Crippen LogP contribution is 2.35. The summed E-state index contributed by atoms with van der Waals surface area (Å²) in [6, 6.07) is 7.96. The Hall–Kier alpha value is -4.27. The second-order valence-corrected chi connectivity index (χ2v) is 9.53. The van der Waals surface area contributed by atoms with Crippen LogP contribution < -0.4 is 10.2 Å². The summed E-state index contributed by atoms with van der Waals surface area (Å²) in [6.45, 7) is 8.17. The Morgan fingerprint density at radius 3 is 2.81 bits per heavy atom. The molecular weight excluding hydrogens is 467 g/mol. The van der Waals surface area contributed by atoms with E-state index in [0.29, 0.717) is 28.0 Å². The molecule has 1 saturated heterocycles. The zero-order valence-electron chi connectivity index (χ0n) is 20.8. The van der Waals surface area contributed by atoms with Gasteiger partial charge < -0.3 is 15.2 Å². The number of aromatic amines is 2. The summed E-state index contributed by atoms with van der Waals surface area (Å²) in [5, 5.41) is 10.9. The van der Waals surface area contributed by atoms with E-state index < -0.39 is 5.82 Å². The lowest BCUT2D eigenvalue weighted by Crippen LogP contribution is -2.29. The van der Waals surface area contributed by atoms with Crippen molar-refractivity contribution in [3.05, 3.63) is 60.9 Å². The number of para-hydroxylation sites is 1. The molecule has 9 heteroatoms. The average molecular weight is 497 g/mol. The number of rotatable bonds is 7. The van der Waals surface area contributed by atoms with E-state index in [9.17, 15) is 0 Å². The van der Waals surface area contributed by atoms with Crippen molar-refractivity contribution >= 4 is 33.3 Å². The van der Waals surface area contributed by atoms with E-state index in [2.05, 4.69) is 54.9 Å². The number of halogens is 1. The fourth-order valence-electron chi connectivity index (χ4n) is 5.07. The van der Waals surface area contributed by atoms with E-state index in [1.54, 1.807) is 18.6 Å². The summed E-state index contributed by atoms with van der Waals surface area (Å²) in [6.07, 6.45) is 10.3. The Bertz CT molecular complexity index is 1590. The van der Waals surface area contributed by atoms with Gasteiger partial charge in [0, 0.05) is 30.5 Å². The minimum Gasteiger partial charge on any atom is -0.370 e. The van der Waals surface area contributed by atoms with Gasteiger partial charge in [-0.1, -0.05) is 26.0 Å². The number of anilines is 2. The molecule has 0 saturated carbocycles. The quantitative estimate of drug-likeness (QED) is 0.241. The maximum absolute atomic E-state index is 16.0. The zero-order valence-corrected chi connectivity index (χ0v) is 20.8. The molecular formula is C28H29FN8. The predicted octanol–water partition coefficient (Wildman–Crippen LogP) is 6.42. The summed E-state index contributed by atoms with van der Waals surface area (Å²) >= 11 is 0. The van der Waals surface area contributed by atoms with Crippen molar-refractivity contribution in [1.29, 1.82) is 0 Å². The number of benzene rings is 1. The Morgan fingerprint density at radius 1 is 1.11 bits per heavy atom. The number of H-pyrrole nitrogens is 2. The molecule has 5 heterocycles. The van der Waals surface area contributed by atoms with E-state index in [1.807, 2.05) is 18.2 Å². The van der Waals surface area contributed by atoms with E-state index in [0.717, 1.165) is 54.0 Å². The van der Waals surface area contributed by atoms with Crippen molar-refractivity contribution in [1.82, 2.24) is 30.1 Å². The third kappa shape index (κ3) is 4.30. The fourth-order valence-corrected chi connectivity index (χ4v) is 5.07. The van der Waals surface area contributed by atoms with Crippen molar-refractivity contribution in [3.63, 3.8) is 0 Å². The number of fused-ring (bicyclic) bond motifs is 2. The molecule has 0 amide bonds. The number of hydrogen-bond donors (Lipinski definition) is 3. The van der Waals surface area contributed by atoms with Crippen LogP contribution in [0.5, 0.6) is 0 Å². The van der Waals surface area contributed by atoms with Gasteiger partial charge in [0.25, 0.3) is 0 Å². The molecule has 188 valence electrons. The van der Waals surface area contributed by atoms with Crippen LogP contribution in [0.15, 0.2) is 55.1 Å². The first kappa shape index (κ1) is 23.1. The molecule has 1 fully saturated rings. The molecule has 1 aliphatic heterocycles. The minimum atomic E-state index is -0.468. The van der Waals surface area contributed by atoms with Gasteiger partial charge in [0.05, 0.1) is 40.2 Å². The van der Waals surface area contributed by atoms with Crippen molar-refractivity contribution in [2.75, 3.05) is 23.3 Å². The van der Waals surface area contributed by atoms with Crippen molar-refractivity contribution in [2.45, 2.75) is 39.0 Å². The summed E-state index contributed by atoms with van der Waals surface area (Å²) in [4.78, 5) is 19.3.